The van der Waals surface area contributed by atoms with Crippen molar-refractivity contribution in [2.24, 2.45) is 23.7 Å². The number of aromatic nitrogens is 4. The molecule has 4 aromatic rings. The Balaban J connectivity index is 1.42. The van der Waals surface area contributed by atoms with Gasteiger partial charge in [-0.1, -0.05) is 17.7 Å². The summed E-state index contributed by atoms with van der Waals surface area (Å²) in [6.07, 6.45) is 7.36. The second-order valence-electron chi connectivity index (χ2n) is 11.0. The Labute approximate surface area is 236 Å². The van der Waals surface area contributed by atoms with E-state index < -0.39 is 21.7 Å². The van der Waals surface area contributed by atoms with Crippen LogP contribution in [-0.2, 0) is 26.0 Å². The van der Waals surface area contributed by atoms with Crippen LogP contribution in [0.2, 0.25) is 0 Å². The number of halogens is 2. The van der Waals surface area contributed by atoms with Crippen LogP contribution in [0.15, 0.2) is 53.8 Å². The number of rotatable bonds is 7. The van der Waals surface area contributed by atoms with Gasteiger partial charge in [-0.15, -0.1) is 0 Å². The fourth-order valence-corrected chi connectivity index (χ4v) is 7.94. The Kier molecular flexibility index (Phi) is 7.09. The second-order valence-corrected chi connectivity index (χ2v) is 12.8. The van der Waals surface area contributed by atoms with Crippen molar-refractivity contribution in [1.29, 1.82) is 0 Å². The monoisotopic (exact) mass is 580 g/mol. The van der Waals surface area contributed by atoms with Crippen molar-refractivity contribution in [2.45, 2.75) is 50.8 Å². The minimum absolute atomic E-state index is 0.00316. The minimum atomic E-state index is -4.10. The van der Waals surface area contributed by atoms with E-state index in [0.717, 1.165) is 47.6 Å². The Hall–Kier alpha value is -3.73. The van der Waals surface area contributed by atoms with E-state index in [9.17, 15) is 17.6 Å². The van der Waals surface area contributed by atoms with Gasteiger partial charge in [-0.3, -0.25) is 4.79 Å². The first-order valence-electron chi connectivity index (χ1n) is 13.8. The third-order valence-electron chi connectivity index (χ3n) is 8.59. The summed E-state index contributed by atoms with van der Waals surface area (Å²) in [6, 6.07) is 7.52. The van der Waals surface area contributed by atoms with Gasteiger partial charge in [0, 0.05) is 17.1 Å². The maximum Gasteiger partial charge on any atom is 0.309 e. The number of ether oxygens (including phenoxy) is 1. The Morgan fingerprint density at radius 1 is 1.05 bits per heavy atom. The lowest BCUT2D eigenvalue weighted by molar-refractivity contribution is -0.158. The Morgan fingerprint density at radius 2 is 1.76 bits per heavy atom. The first kappa shape index (κ1) is 27.4. The van der Waals surface area contributed by atoms with Crippen LogP contribution in [0.4, 0.5) is 8.78 Å². The van der Waals surface area contributed by atoms with Crippen molar-refractivity contribution in [3.05, 3.63) is 71.8 Å². The average Bonchev–Trinajstić information content (AvgIpc) is 3.34. The molecule has 3 aromatic heterocycles. The Bertz CT molecular complexity index is 1730. The van der Waals surface area contributed by atoms with E-state index in [1.54, 1.807) is 19.1 Å². The van der Waals surface area contributed by atoms with Crippen LogP contribution in [0.1, 0.15) is 43.9 Å². The summed E-state index contributed by atoms with van der Waals surface area (Å²) in [7, 11) is -4.10. The molecule has 0 radical (unpaired) electrons. The van der Waals surface area contributed by atoms with E-state index in [4.69, 9.17) is 4.74 Å². The summed E-state index contributed by atoms with van der Waals surface area (Å²) < 4.78 is 63.1. The molecule has 0 spiro atoms. The van der Waals surface area contributed by atoms with E-state index in [0.29, 0.717) is 0 Å². The van der Waals surface area contributed by atoms with Crippen molar-refractivity contribution < 1.29 is 26.7 Å². The molecule has 1 aromatic carbocycles. The number of aryl methyl sites for hydroxylation is 1. The number of benzene rings is 1. The highest BCUT2D eigenvalue weighted by Gasteiger charge is 2.48. The number of pyridine rings is 1. The summed E-state index contributed by atoms with van der Waals surface area (Å²) in [4.78, 5) is 25.7. The third-order valence-corrected chi connectivity index (χ3v) is 10.3. The summed E-state index contributed by atoms with van der Waals surface area (Å²) >= 11 is 0. The average molecular weight is 581 g/mol. The molecule has 0 amide bonds. The molecule has 2 bridgehead atoms. The predicted octanol–water partition coefficient (Wildman–Crippen LogP) is 5.47. The first-order chi connectivity index (χ1) is 19.7. The van der Waals surface area contributed by atoms with Crippen molar-refractivity contribution in [3.8, 4) is 11.4 Å². The quantitative estimate of drug-likeness (QED) is 0.267. The molecule has 0 saturated heterocycles. The first-order valence-corrected chi connectivity index (χ1v) is 15.3. The molecule has 0 unspecified atom stereocenters. The molecule has 3 heterocycles. The van der Waals surface area contributed by atoms with Crippen molar-refractivity contribution in [3.63, 3.8) is 0 Å². The van der Waals surface area contributed by atoms with Gasteiger partial charge in [-0.05, 0) is 81.9 Å². The number of carbonyl (C=O) groups is 1. The Morgan fingerprint density at radius 3 is 2.46 bits per heavy atom. The summed E-state index contributed by atoms with van der Waals surface area (Å²) in [6.45, 7) is 3.91. The van der Waals surface area contributed by atoms with Gasteiger partial charge in [-0.25, -0.2) is 36.1 Å². The fourth-order valence-electron chi connectivity index (χ4n) is 6.61. The number of carbonyl (C=O) groups excluding carboxylic acids is 1. The van der Waals surface area contributed by atoms with Crippen molar-refractivity contribution in [1.82, 2.24) is 18.9 Å². The zero-order valence-electron chi connectivity index (χ0n) is 22.8. The molecule has 3 fully saturated rings. The maximum atomic E-state index is 15.2. The van der Waals surface area contributed by atoms with Gasteiger partial charge in [-0.2, -0.15) is 0 Å². The topological polar surface area (TPSA) is 104 Å². The molecule has 0 aliphatic heterocycles. The van der Waals surface area contributed by atoms with Gasteiger partial charge in [0.1, 0.15) is 5.82 Å². The van der Waals surface area contributed by atoms with Gasteiger partial charge in [0.05, 0.1) is 35.5 Å². The molecule has 0 N–H and O–H groups in total. The van der Waals surface area contributed by atoms with Crippen molar-refractivity contribution in [2.75, 3.05) is 6.61 Å². The highest BCUT2D eigenvalue weighted by molar-refractivity contribution is 7.90. The lowest BCUT2D eigenvalue weighted by Crippen LogP contribution is -2.45. The van der Waals surface area contributed by atoms with E-state index in [1.807, 2.05) is 6.92 Å². The second kappa shape index (κ2) is 10.6. The van der Waals surface area contributed by atoms with E-state index in [1.165, 1.54) is 24.4 Å². The van der Waals surface area contributed by atoms with E-state index in [2.05, 4.69) is 15.0 Å². The summed E-state index contributed by atoms with van der Waals surface area (Å²) in [5, 5.41) is 0.180. The molecule has 11 heteroatoms. The smallest absolute Gasteiger partial charge is 0.309 e. The molecular weight excluding hydrogens is 550 g/mol. The number of hydrogen-bond donors (Lipinski definition) is 0. The van der Waals surface area contributed by atoms with Crippen LogP contribution in [0.3, 0.4) is 0 Å². The molecule has 8 nitrogen and oxygen atoms in total. The maximum absolute atomic E-state index is 15.2. The zero-order chi connectivity index (χ0) is 28.9. The molecule has 3 saturated carbocycles. The molecular formula is C30H30F2N4O4S. The SMILES string of the molecule is CCOC(=O)[C@H]1C2CCC(CC2)[C@@H]1Cc1nc(-c2cn(S(=O)(=O)c3ccc(C)cc3)c3ncc(F)cc23)ncc1F. The molecule has 3 aliphatic carbocycles. The molecule has 2 atom stereocenters. The normalized spacial score (nSPS) is 22.2. The minimum Gasteiger partial charge on any atom is -0.466 e. The van der Waals surface area contributed by atoms with Gasteiger partial charge in [0.2, 0.25) is 0 Å². The van der Waals surface area contributed by atoms with Crippen LogP contribution in [0, 0.1) is 42.2 Å². The highest BCUT2D eigenvalue weighted by Crippen LogP contribution is 2.50. The lowest BCUT2D eigenvalue weighted by atomic mass is 9.57. The highest BCUT2D eigenvalue weighted by atomic mass is 32.2. The number of nitrogens with zero attached hydrogens (tertiary/aromatic N) is 4. The van der Waals surface area contributed by atoms with Gasteiger partial charge < -0.3 is 4.74 Å². The third kappa shape index (κ3) is 4.90. The number of hydrogen-bond acceptors (Lipinski definition) is 7. The standard InChI is InChI=1S/C30H30F2N4O4S/c1-3-40-30(37)27-19-8-6-18(7-9-19)22(27)13-26-25(32)15-33-28(35-26)24-16-36(29-23(24)12-20(31)14-34-29)41(38,39)21-10-4-17(2)5-11-21/h4-5,10-12,14-16,18-19,22,27H,3,6-9,13H2,1-2H3/t18?,19?,22-,27-/m0/s1. The zero-order valence-corrected chi connectivity index (χ0v) is 23.6. The van der Waals surface area contributed by atoms with Crippen molar-refractivity contribution >= 4 is 27.0 Å². The van der Waals surface area contributed by atoms with E-state index >= 15 is 4.39 Å². The summed E-state index contributed by atoms with van der Waals surface area (Å²) in [5.41, 5.74) is 1.23. The van der Waals surface area contributed by atoms with E-state index in [-0.39, 0.29) is 75.7 Å². The van der Waals surface area contributed by atoms with Gasteiger partial charge in [0.15, 0.2) is 17.3 Å². The number of esters is 1. The molecule has 3 aliphatic rings. The van der Waals surface area contributed by atoms with Gasteiger partial charge in [0.25, 0.3) is 10.0 Å². The lowest BCUT2D eigenvalue weighted by Gasteiger charge is -2.47. The van der Waals surface area contributed by atoms with Crippen LogP contribution in [-0.4, -0.2) is 39.9 Å². The fraction of sp³-hybridized carbons (Fsp3) is 0.400. The van der Waals surface area contributed by atoms with Crippen LogP contribution >= 0.6 is 0 Å². The largest absolute Gasteiger partial charge is 0.466 e. The molecule has 41 heavy (non-hydrogen) atoms. The summed E-state index contributed by atoms with van der Waals surface area (Å²) in [5.74, 6) is -1.46. The molecule has 7 rings (SSSR count). The van der Waals surface area contributed by atoms with Crippen LogP contribution in [0.5, 0.6) is 0 Å². The predicted molar refractivity (Wildman–Crippen MR) is 147 cm³/mol. The van der Waals surface area contributed by atoms with Crippen LogP contribution in [0.25, 0.3) is 22.4 Å². The van der Waals surface area contributed by atoms with Crippen LogP contribution < -0.4 is 0 Å². The molecule has 214 valence electrons. The number of fused-ring (bicyclic) bond motifs is 4. The van der Waals surface area contributed by atoms with Gasteiger partial charge >= 0.3 is 5.97 Å².